The van der Waals surface area contributed by atoms with Crippen molar-refractivity contribution in [3.63, 3.8) is 0 Å². The molecule has 1 aromatic carbocycles. The van der Waals surface area contributed by atoms with Crippen LogP contribution in [0.1, 0.15) is 26.3 Å². The molecule has 0 unspecified atom stereocenters. The first-order valence-electron chi connectivity index (χ1n) is 9.34. The van der Waals surface area contributed by atoms with Gasteiger partial charge in [-0.15, -0.1) is 10.2 Å². The molecule has 1 amide bonds. The van der Waals surface area contributed by atoms with Gasteiger partial charge in [0.25, 0.3) is 0 Å². The van der Waals surface area contributed by atoms with Crippen molar-refractivity contribution in [1.82, 2.24) is 25.1 Å². The summed E-state index contributed by atoms with van der Waals surface area (Å²) in [5.41, 5.74) is 2.04. The third kappa shape index (κ3) is 5.19. The van der Waals surface area contributed by atoms with Crippen molar-refractivity contribution in [3.05, 3.63) is 60.4 Å². The Labute approximate surface area is 169 Å². The summed E-state index contributed by atoms with van der Waals surface area (Å²) >= 11 is 1.40. The predicted molar refractivity (Wildman–Crippen MR) is 112 cm³/mol. The summed E-state index contributed by atoms with van der Waals surface area (Å²) in [7, 11) is 0. The Kier molecular flexibility index (Phi) is 6.81. The molecule has 0 aliphatic carbocycles. The summed E-state index contributed by atoms with van der Waals surface area (Å²) in [4.78, 5) is 16.5. The SMILES string of the molecule is CC(C)[C@H](C)NC(=O)CSc1nnc(-c2cccnc2)n1Cc1ccccc1. The van der Waals surface area contributed by atoms with Gasteiger partial charge in [-0.05, 0) is 30.5 Å². The van der Waals surface area contributed by atoms with Crippen molar-refractivity contribution >= 4 is 17.7 Å². The minimum absolute atomic E-state index is 0.00314. The van der Waals surface area contributed by atoms with Crippen molar-refractivity contribution in [2.24, 2.45) is 5.92 Å². The summed E-state index contributed by atoms with van der Waals surface area (Å²) in [5, 5.41) is 12.5. The summed E-state index contributed by atoms with van der Waals surface area (Å²) in [6.07, 6.45) is 3.51. The zero-order valence-corrected chi connectivity index (χ0v) is 17.2. The second-order valence-corrected chi connectivity index (χ2v) is 7.95. The molecule has 1 N–H and O–H groups in total. The standard InChI is InChI=1S/C21H25N5OS/c1-15(2)16(3)23-19(27)14-28-21-25-24-20(18-10-7-11-22-12-18)26(21)13-17-8-5-4-6-9-17/h4-12,15-16H,13-14H2,1-3H3,(H,23,27)/t16-/m0/s1. The van der Waals surface area contributed by atoms with Crippen LogP contribution < -0.4 is 5.32 Å². The molecule has 7 heteroatoms. The Hall–Kier alpha value is -2.67. The van der Waals surface area contributed by atoms with Crippen molar-refractivity contribution < 1.29 is 4.79 Å². The Morgan fingerprint density at radius 1 is 1.11 bits per heavy atom. The third-order valence-corrected chi connectivity index (χ3v) is 5.51. The highest BCUT2D eigenvalue weighted by molar-refractivity contribution is 7.99. The van der Waals surface area contributed by atoms with Gasteiger partial charge in [-0.3, -0.25) is 14.3 Å². The molecule has 1 atom stereocenters. The second-order valence-electron chi connectivity index (χ2n) is 7.01. The van der Waals surface area contributed by atoms with Gasteiger partial charge in [0, 0.05) is 24.0 Å². The number of hydrogen-bond acceptors (Lipinski definition) is 5. The lowest BCUT2D eigenvalue weighted by molar-refractivity contribution is -0.119. The zero-order chi connectivity index (χ0) is 19.9. The van der Waals surface area contributed by atoms with E-state index < -0.39 is 0 Å². The number of thioether (sulfide) groups is 1. The lowest BCUT2D eigenvalue weighted by Crippen LogP contribution is -2.37. The number of hydrogen-bond donors (Lipinski definition) is 1. The topological polar surface area (TPSA) is 72.7 Å². The van der Waals surface area contributed by atoms with Crippen molar-refractivity contribution in [3.8, 4) is 11.4 Å². The van der Waals surface area contributed by atoms with E-state index in [1.54, 1.807) is 12.4 Å². The first-order valence-corrected chi connectivity index (χ1v) is 10.3. The fourth-order valence-corrected chi connectivity index (χ4v) is 3.35. The first-order chi connectivity index (χ1) is 13.5. The number of nitrogens with zero attached hydrogens (tertiary/aromatic N) is 4. The van der Waals surface area contributed by atoms with Crippen molar-refractivity contribution in [2.45, 2.75) is 38.5 Å². The van der Waals surface area contributed by atoms with Gasteiger partial charge in [0.05, 0.1) is 12.3 Å². The number of pyridine rings is 1. The smallest absolute Gasteiger partial charge is 0.230 e. The molecule has 0 saturated heterocycles. The lowest BCUT2D eigenvalue weighted by atomic mass is 10.1. The molecule has 0 fully saturated rings. The minimum atomic E-state index is 0.00314. The maximum Gasteiger partial charge on any atom is 0.230 e. The third-order valence-electron chi connectivity index (χ3n) is 4.54. The van der Waals surface area contributed by atoms with E-state index in [2.05, 4.69) is 46.5 Å². The lowest BCUT2D eigenvalue weighted by Gasteiger charge is -2.17. The van der Waals surface area contributed by atoms with Gasteiger partial charge in [-0.2, -0.15) is 0 Å². The summed E-state index contributed by atoms with van der Waals surface area (Å²) in [6, 6.07) is 14.1. The molecule has 2 aromatic heterocycles. The van der Waals surface area contributed by atoms with Crippen LogP contribution in [0.4, 0.5) is 0 Å². The summed E-state index contributed by atoms with van der Waals surface area (Å²) in [6.45, 7) is 6.83. The molecule has 6 nitrogen and oxygen atoms in total. The molecule has 146 valence electrons. The van der Waals surface area contributed by atoms with Crippen molar-refractivity contribution in [1.29, 1.82) is 0 Å². The number of rotatable bonds is 8. The molecule has 0 bridgehead atoms. The van der Waals surface area contributed by atoms with Crippen LogP contribution in [-0.2, 0) is 11.3 Å². The van der Waals surface area contributed by atoms with Crippen LogP contribution in [0.5, 0.6) is 0 Å². The largest absolute Gasteiger partial charge is 0.353 e. The van der Waals surface area contributed by atoms with Crippen LogP contribution in [0.2, 0.25) is 0 Å². The molecule has 0 saturated carbocycles. The van der Waals surface area contributed by atoms with E-state index in [0.29, 0.717) is 18.2 Å². The van der Waals surface area contributed by atoms with Crippen molar-refractivity contribution in [2.75, 3.05) is 5.75 Å². The molecule has 0 aliphatic rings. The van der Waals surface area contributed by atoms with E-state index in [4.69, 9.17) is 0 Å². The van der Waals surface area contributed by atoms with E-state index >= 15 is 0 Å². The van der Waals surface area contributed by atoms with Gasteiger partial charge < -0.3 is 5.32 Å². The predicted octanol–water partition coefficient (Wildman–Crippen LogP) is 3.64. The highest BCUT2D eigenvalue weighted by atomic mass is 32.2. The Balaban J connectivity index is 1.80. The highest BCUT2D eigenvalue weighted by Gasteiger charge is 2.17. The van der Waals surface area contributed by atoms with Gasteiger partial charge in [0.2, 0.25) is 5.91 Å². The van der Waals surface area contributed by atoms with E-state index in [-0.39, 0.29) is 11.9 Å². The molecule has 28 heavy (non-hydrogen) atoms. The molecule has 0 radical (unpaired) electrons. The average Bonchev–Trinajstić information content (AvgIpc) is 3.10. The molecule has 0 aliphatic heterocycles. The number of nitrogens with one attached hydrogen (secondary N) is 1. The number of carbonyl (C=O) groups excluding carboxylic acids is 1. The minimum Gasteiger partial charge on any atom is -0.353 e. The van der Waals surface area contributed by atoms with Crippen LogP contribution in [0.15, 0.2) is 60.0 Å². The van der Waals surface area contributed by atoms with Gasteiger partial charge in [0.15, 0.2) is 11.0 Å². The van der Waals surface area contributed by atoms with E-state index in [1.807, 2.05) is 41.8 Å². The monoisotopic (exact) mass is 395 g/mol. The van der Waals surface area contributed by atoms with Crippen LogP contribution in [0.25, 0.3) is 11.4 Å². The molecule has 3 rings (SSSR count). The fourth-order valence-electron chi connectivity index (χ4n) is 2.60. The first kappa shape index (κ1) is 20.1. The van der Waals surface area contributed by atoms with E-state index in [1.165, 1.54) is 11.8 Å². The van der Waals surface area contributed by atoms with Crippen LogP contribution in [0, 0.1) is 5.92 Å². The summed E-state index contributed by atoms with van der Waals surface area (Å²) in [5.74, 6) is 1.45. The molecule has 0 spiro atoms. The number of amides is 1. The van der Waals surface area contributed by atoms with Gasteiger partial charge >= 0.3 is 0 Å². The van der Waals surface area contributed by atoms with Gasteiger partial charge in [0.1, 0.15) is 0 Å². The Morgan fingerprint density at radius 3 is 2.57 bits per heavy atom. The Bertz CT molecular complexity index is 896. The summed E-state index contributed by atoms with van der Waals surface area (Å²) < 4.78 is 2.04. The normalized spacial score (nSPS) is 12.1. The zero-order valence-electron chi connectivity index (χ0n) is 16.4. The van der Waals surface area contributed by atoms with Crippen LogP contribution >= 0.6 is 11.8 Å². The molecule has 3 aromatic rings. The second kappa shape index (κ2) is 9.50. The van der Waals surface area contributed by atoms with E-state index in [0.717, 1.165) is 22.1 Å². The number of benzene rings is 1. The average molecular weight is 396 g/mol. The van der Waals surface area contributed by atoms with Crippen LogP contribution in [-0.4, -0.2) is 37.5 Å². The van der Waals surface area contributed by atoms with Gasteiger partial charge in [-0.25, -0.2) is 0 Å². The van der Waals surface area contributed by atoms with Gasteiger partial charge in [-0.1, -0.05) is 55.9 Å². The molecular formula is C21H25N5OS. The number of aromatic nitrogens is 4. The quantitative estimate of drug-likeness (QED) is 0.590. The van der Waals surface area contributed by atoms with Crippen LogP contribution in [0.3, 0.4) is 0 Å². The Morgan fingerprint density at radius 2 is 1.89 bits per heavy atom. The van der Waals surface area contributed by atoms with E-state index in [9.17, 15) is 4.79 Å². The maximum atomic E-state index is 12.3. The maximum absolute atomic E-state index is 12.3. The molecular weight excluding hydrogens is 370 g/mol. The molecule has 2 heterocycles. The number of carbonyl (C=O) groups is 1. The fraction of sp³-hybridized carbons (Fsp3) is 0.333. The highest BCUT2D eigenvalue weighted by Crippen LogP contribution is 2.24.